The summed E-state index contributed by atoms with van der Waals surface area (Å²) in [6.45, 7) is 5.37. The quantitative estimate of drug-likeness (QED) is 0.532. The van der Waals surface area contributed by atoms with Crippen molar-refractivity contribution in [1.29, 1.82) is 0 Å². The number of ether oxygens (including phenoxy) is 1. The molecule has 3 aromatic rings. The molecule has 0 aromatic heterocycles. The zero-order valence-electron chi connectivity index (χ0n) is 19.7. The molecule has 3 aromatic carbocycles. The number of fused-ring (bicyclic) bond motifs is 1. The van der Waals surface area contributed by atoms with Gasteiger partial charge in [0.1, 0.15) is 12.3 Å². The largest absolute Gasteiger partial charge is 0.497 e. The molecule has 0 saturated heterocycles. The lowest BCUT2D eigenvalue weighted by molar-refractivity contribution is -0.135. The van der Waals surface area contributed by atoms with E-state index in [0.717, 1.165) is 32.6 Å². The fourth-order valence-corrected chi connectivity index (χ4v) is 6.66. The number of aryl methyl sites for hydroxylation is 3. The molecule has 34 heavy (non-hydrogen) atoms. The van der Waals surface area contributed by atoms with Crippen LogP contribution in [0.5, 0.6) is 5.75 Å². The molecule has 178 valence electrons. The molecule has 0 radical (unpaired) electrons. The van der Waals surface area contributed by atoms with E-state index in [9.17, 15) is 18.3 Å². The lowest BCUT2D eigenvalue weighted by atomic mass is 10.1. The third-order valence-electron chi connectivity index (χ3n) is 6.07. The first-order chi connectivity index (χ1) is 16.1. The smallest absolute Gasteiger partial charge is 0.324 e. The van der Waals surface area contributed by atoms with Crippen LogP contribution in [0.2, 0.25) is 0 Å². The molecule has 1 N–H and O–H groups in total. The number of sulfonamides is 1. The average Bonchev–Trinajstić information content (AvgIpc) is 3.21. The van der Waals surface area contributed by atoms with E-state index in [1.807, 2.05) is 37.3 Å². The highest BCUT2D eigenvalue weighted by molar-refractivity contribution is 7.93. The van der Waals surface area contributed by atoms with Gasteiger partial charge in [0.25, 0.3) is 10.0 Å². The zero-order valence-corrected chi connectivity index (χ0v) is 20.5. The summed E-state index contributed by atoms with van der Waals surface area (Å²) in [5.41, 5.74) is 5.12. The van der Waals surface area contributed by atoms with Crippen molar-refractivity contribution >= 4 is 33.1 Å². The van der Waals surface area contributed by atoms with Gasteiger partial charge in [-0.1, -0.05) is 29.8 Å². The topological polar surface area (TPSA) is 87.2 Å². The molecular formula is C26H28N2O5S. The summed E-state index contributed by atoms with van der Waals surface area (Å²) in [6.07, 6.45) is 0.584. The number of rotatable bonds is 7. The predicted molar refractivity (Wildman–Crippen MR) is 133 cm³/mol. The standard InChI is InChI=1S/C26H28N2O5S/c1-17-13-18(2)26(19(3)14-17)34(31,32)28(16-25(29)30)24-10-6-9-23-22(24)11-12-27(23)20-7-5-8-21(15-20)33-4/h5-10,13-15H,11-12,16H2,1-4H3,(H,29,30). The lowest BCUT2D eigenvalue weighted by Crippen LogP contribution is -2.37. The Hall–Kier alpha value is -3.52. The van der Waals surface area contributed by atoms with Gasteiger partial charge in [-0.2, -0.15) is 0 Å². The predicted octanol–water partition coefficient (Wildman–Crippen LogP) is 4.59. The van der Waals surface area contributed by atoms with Crippen LogP contribution in [0.4, 0.5) is 17.1 Å². The SMILES string of the molecule is COc1cccc(N2CCc3c2cccc3N(CC(=O)O)S(=O)(=O)c2c(C)cc(C)cc2C)c1. The second-order valence-corrected chi connectivity index (χ2v) is 10.3. The molecule has 0 amide bonds. The van der Waals surface area contributed by atoms with E-state index in [0.29, 0.717) is 29.8 Å². The molecular weight excluding hydrogens is 452 g/mol. The monoisotopic (exact) mass is 480 g/mol. The Kier molecular flexibility index (Phi) is 6.27. The van der Waals surface area contributed by atoms with Gasteiger partial charge >= 0.3 is 5.97 Å². The van der Waals surface area contributed by atoms with Crippen molar-refractivity contribution in [3.63, 3.8) is 0 Å². The summed E-state index contributed by atoms with van der Waals surface area (Å²) in [5.74, 6) is -0.492. The lowest BCUT2D eigenvalue weighted by Gasteiger charge is -2.27. The molecule has 7 nitrogen and oxygen atoms in total. The van der Waals surface area contributed by atoms with Gasteiger partial charge in [0, 0.05) is 29.5 Å². The second-order valence-electron chi connectivity index (χ2n) is 8.51. The van der Waals surface area contributed by atoms with Gasteiger partial charge in [-0.3, -0.25) is 9.10 Å². The number of carboxylic acid groups (broad SMARTS) is 1. The fourth-order valence-electron chi connectivity index (χ4n) is 4.80. The number of carbonyl (C=O) groups is 1. The molecule has 4 rings (SSSR count). The van der Waals surface area contributed by atoms with Crippen molar-refractivity contribution in [2.45, 2.75) is 32.1 Å². The molecule has 1 heterocycles. The molecule has 0 bridgehead atoms. The normalized spacial score (nSPS) is 13.0. The Labute approximate surface area is 200 Å². The fraction of sp³-hybridized carbons (Fsp3) is 0.269. The van der Waals surface area contributed by atoms with Crippen LogP contribution in [0.15, 0.2) is 59.5 Å². The second kappa shape index (κ2) is 9.02. The highest BCUT2D eigenvalue weighted by Gasteiger charge is 2.34. The number of anilines is 3. The van der Waals surface area contributed by atoms with Gasteiger partial charge in [-0.05, 0) is 62.6 Å². The van der Waals surface area contributed by atoms with Crippen LogP contribution < -0.4 is 13.9 Å². The number of hydrogen-bond acceptors (Lipinski definition) is 5. The molecule has 0 fully saturated rings. The molecule has 8 heteroatoms. The van der Waals surface area contributed by atoms with E-state index in [1.165, 1.54) is 0 Å². The van der Waals surface area contributed by atoms with Crippen LogP contribution in [0.3, 0.4) is 0 Å². The van der Waals surface area contributed by atoms with Gasteiger partial charge in [-0.15, -0.1) is 0 Å². The maximum absolute atomic E-state index is 13.9. The summed E-state index contributed by atoms with van der Waals surface area (Å²) in [7, 11) is -2.52. The molecule has 0 spiro atoms. The van der Waals surface area contributed by atoms with Crippen molar-refractivity contribution in [1.82, 2.24) is 0 Å². The molecule has 0 atom stereocenters. The molecule has 1 aliphatic heterocycles. The third-order valence-corrected chi connectivity index (χ3v) is 8.13. The van der Waals surface area contributed by atoms with Crippen LogP contribution in [-0.2, 0) is 21.2 Å². The Morgan fingerprint density at radius 1 is 1.06 bits per heavy atom. The maximum Gasteiger partial charge on any atom is 0.324 e. The van der Waals surface area contributed by atoms with Gasteiger partial charge in [-0.25, -0.2) is 8.42 Å². The van der Waals surface area contributed by atoms with Crippen LogP contribution in [-0.4, -0.2) is 39.7 Å². The first-order valence-corrected chi connectivity index (χ1v) is 12.4. The summed E-state index contributed by atoms with van der Waals surface area (Å²) in [6, 6.07) is 16.7. The minimum atomic E-state index is -4.13. The number of methoxy groups -OCH3 is 1. The number of hydrogen-bond donors (Lipinski definition) is 1. The van der Waals surface area contributed by atoms with Gasteiger partial charge in [0.15, 0.2) is 0 Å². The summed E-state index contributed by atoms with van der Waals surface area (Å²) in [4.78, 5) is 14.1. The first-order valence-electron chi connectivity index (χ1n) is 11.0. The summed E-state index contributed by atoms with van der Waals surface area (Å²) >= 11 is 0. The van der Waals surface area contributed by atoms with E-state index in [4.69, 9.17) is 4.74 Å². The minimum absolute atomic E-state index is 0.152. The van der Waals surface area contributed by atoms with Gasteiger partial charge in [0.05, 0.1) is 17.7 Å². The van der Waals surface area contributed by atoms with E-state index >= 15 is 0 Å². The highest BCUT2D eigenvalue weighted by atomic mass is 32.2. The van der Waals surface area contributed by atoms with Crippen molar-refractivity contribution in [3.8, 4) is 5.75 Å². The number of benzene rings is 3. The van der Waals surface area contributed by atoms with Crippen molar-refractivity contribution in [2.75, 3.05) is 29.4 Å². The zero-order chi connectivity index (χ0) is 24.6. The average molecular weight is 481 g/mol. The van der Waals surface area contributed by atoms with E-state index in [2.05, 4.69) is 4.90 Å². The van der Waals surface area contributed by atoms with Gasteiger partial charge < -0.3 is 14.7 Å². The van der Waals surface area contributed by atoms with Gasteiger partial charge in [0.2, 0.25) is 0 Å². The van der Waals surface area contributed by atoms with E-state index in [-0.39, 0.29) is 4.90 Å². The van der Waals surface area contributed by atoms with Crippen molar-refractivity contribution in [3.05, 3.63) is 76.9 Å². The molecule has 0 unspecified atom stereocenters. The van der Waals surface area contributed by atoms with Crippen LogP contribution in [0.1, 0.15) is 22.3 Å². The van der Waals surface area contributed by atoms with Crippen LogP contribution >= 0.6 is 0 Å². The number of nitrogens with zero attached hydrogens (tertiary/aromatic N) is 2. The summed E-state index contributed by atoms with van der Waals surface area (Å²) < 4.78 is 34.2. The Morgan fingerprint density at radius 2 is 1.74 bits per heavy atom. The molecule has 0 aliphatic carbocycles. The highest BCUT2D eigenvalue weighted by Crippen LogP contribution is 2.42. The molecule has 0 saturated carbocycles. The first kappa shape index (κ1) is 23.6. The Morgan fingerprint density at radius 3 is 2.38 bits per heavy atom. The van der Waals surface area contributed by atoms with Crippen LogP contribution in [0.25, 0.3) is 0 Å². The molecule has 1 aliphatic rings. The Bertz CT molecular complexity index is 1340. The third kappa shape index (κ3) is 4.21. The van der Waals surface area contributed by atoms with E-state index < -0.39 is 22.5 Å². The van der Waals surface area contributed by atoms with Crippen LogP contribution in [0, 0.1) is 20.8 Å². The number of aliphatic carboxylic acids is 1. The Balaban J connectivity index is 1.85. The maximum atomic E-state index is 13.9. The minimum Gasteiger partial charge on any atom is -0.497 e. The summed E-state index contributed by atoms with van der Waals surface area (Å²) in [5, 5.41) is 9.64. The van der Waals surface area contributed by atoms with Crippen molar-refractivity contribution < 1.29 is 23.1 Å². The van der Waals surface area contributed by atoms with Crippen molar-refractivity contribution in [2.24, 2.45) is 0 Å². The number of carboxylic acids is 1. The van der Waals surface area contributed by atoms with E-state index in [1.54, 1.807) is 45.2 Å².